The van der Waals surface area contributed by atoms with Crippen molar-refractivity contribution in [1.82, 2.24) is 10.2 Å². The van der Waals surface area contributed by atoms with Crippen LogP contribution in [-0.4, -0.2) is 41.8 Å². The Bertz CT molecular complexity index is 764. The molecule has 3 unspecified atom stereocenters. The van der Waals surface area contributed by atoms with E-state index in [-0.39, 0.29) is 29.6 Å². The van der Waals surface area contributed by atoms with Gasteiger partial charge in [-0.2, -0.15) is 0 Å². The van der Waals surface area contributed by atoms with Crippen molar-refractivity contribution in [2.45, 2.75) is 63.8 Å². The summed E-state index contributed by atoms with van der Waals surface area (Å²) in [6, 6.07) is 6.94. The second kappa shape index (κ2) is 7.12. The minimum absolute atomic E-state index is 0.0808. The molecular formula is C22H28F2N2O2. The Morgan fingerprint density at radius 1 is 1.14 bits per heavy atom. The van der Waals surface area contributed by atoms with Gasteiger partial charge in [-0.05, 0) is 38.2 Å². The van der Waals surface area contributed by atoms with Crippen molar-refractivity contribution in [3.63, 3.8) is 0 Å². The Morgan fingerprint density at radius 3 is 2.54 bits per heavy atom. The molecule has 3 aliphatic rings. The highest BCUT2D eigenvalue weighted by atomic mass is 19.3. The second-order valence-corrected chi connectivity index (χ2v) is 8.90. The molecule has 3 atom stereocenters. The number of hydrogen-bond donors (Lipinski definition) is 1. The van der Waals surface area contributed by atoms with Gasteiger partial charge in [0.25, 0.3) is 5.92 Å². The summed E-state index contributed by atoms with van der Waals surface area (Å²) in [4.78, 5) is 27.4. The van der Waals surface area contributed by atoms with Crippen LogP contribution in [0.4, 0.5) is 8.78 Å². The molecule has 1 N–H and O–H groups in total. The third-order valence-corrected chi connectivity index (χ3v) is 7.03. The third-order valence-electron chi connectivity index (χ3n) is 7.03. The summed E-state index contributed by atoms with van der Waals surface area (Å²) >= 11 is 0. The van der Waals surface area contributed by atoms with Crippen molar-refractivity contribution in [2.24, 2.45) is 11.3 Å². The molecule has 1 spiro atoms. The summed E-state index contributed by atoms with van der Waals surface area (Å²) in [6.45, 7) is 3.23. The summed E-state index contributed by atoms with van der Waals surface area (Å²) < 4.78 is 27.1. The number of carbonyl (C=O) groups is 2. The number of carbonyl (C=O) groups excluding carboxylic acids is 2. The van der Waals surface area contributed by atoms with Gasteiger partial charge in [0.05, 0.1) is 12.5 Å². The van der Waals surface area contributed by atoms with E-state index < -0.39 is 12.0 Å². The second-order valence-electron chi connectivity index (χ2n) is 8.90. The predicted molar refractivity (Wildman–Crippen MR) is 102 cm³/mol. The normalized spacial score (nSPS) is 31.0. The maximum Gasteiger partial charge on any atom is 0.267 e. The summed E-state index contributed by atoms with van der Waals surface area (Å²) in [7, 11) is 0. The topological polar surface area (TPSA) is 49.4 Å². The van der Waals surface area contributed by atoms with E-state index in [2.05, 4.69) is 5.32 Å². The summed E-state index contributed by atoms with van der Waals surface area (Å²) in [5.74, 6) is -3.19. The van der Waals surface area contributed by atoms with Crippen LogP contribution in [0, 0.1) is 18.3 Å². The average molecular weight is 390 g/mol. The van der Waals surface area contributed by atoms with Crippen LogP contribution < -0.4 is 5.32 Å². The fraction of sp³-hybridized carbons (Fsp3) is 0.636. The van der Waals surface area contributed by atoms with Crippen LogP contribution in [0.25, 0.3) is 0 Å². The molecule has 152 valence electrons. The first kappa shape index (κ1) is 19.3. The van der Waals surface area contributed by atoms with Crippen molar-refractivity contribution < 1.29 is 18.4 Å². The molecule has 1 saturated heterocycles. The number of hydrogen-bond acceptors (Lipinski definition) is 2. The minimum atomic E-state index is -2.77. The van der Waals surface area contributed by atoms with Crippen LogP contribution in [0.5, 0.6) is 0 Å². The Balaban J connectivity index is 1.38. The van der Waals surface area contributed by atoms with Gasteiger partial charge in [0.1, 0.15) is 0 Å². The lowest BCUT2D eigenvalue weighted by Crippen LogP contribution is -2.57. The number of aryl methyl sites for hydroxylation is 1. The van der Waals surface area contributed by atoms with Crippen LogP contribution in [0.1, 0.15) is 49.7 Å². The fourth-order valence-corrected chi connectivity index (χ4v) is 5.09. The van der Waals surface area contributed by atoms with E-state index in [9.17, 15) is 18.4 Å². The van der Waals surface area contributed by atoms with Crippen LogP contribution in [0.3, 0.4) is 0 Å². The minimum Gasteiger partial charge on any atom is -0.347 e. The van der Waals surface area contributed by atoms with Gasteiger partial charge in [0.2, 0.25) is 11.8 Å². The van der Waals surface area contributed by atoms with E-state index in [1.807, 2.05) is 36.1 Å². The molecule has 4 nitrogen and oxygen atoms in total. The summed E-state index contributed by atoms with van der Waals surface area (Å²) in [6.07, 6.45) is 3.88. The highest BCUT2D eigenvalue weighted by molar-refractivity contribution is 5.82. The fourth-order valence-electron chi connectivity index (χ4n) is 5.09. The zero-order valence-electron chi connectivity index (χ0n) is 16.3. The maximum atomic E-state index is 13.6. The SMILES string of the molecule is Cc1ccc(CC(=O)N2CCC3(CCCC3C(=O)NC3CCC3(F)F)C2)cc1. The third kappa shape index (κ3) is 3.53. The molecule has 3 fully saturated rings. The number of benzene rings is 1. The highest BCUT2D eigenvalue weighted by Gasteiger charge is 2.54. The van der Waals surface area contributed by atoms with E-state index in [4.69, 9.17) is 0 Å². The molecular weight excluding hydrogens is 362 g/mol. The lowest BCUT2D eigenvalue weighted by molar-refractivity contribution is -0.142. The molecule has 0 aromatic heterocycles. The molecule has 1 aliphatic heterocycles. The van der Waals surface area contributed by atoms with E-state index in [1.165, 1.54) is 0 Å². The molecule has 0 bridgehead atoms. The maximum absolute atomic E-state index is 13.6. The number of nitrogens with zero attached hydrogens (tertiary/aromatic N) is 1. The Kier molecular flexibility index (Phi) is 4.92. The lowest BCUT2D eigenvalue weighted by Gasteiger charge is -2.39. The van der Waals surface area contributed by atoms with Gasteiger partial charge < -0.3 is 10.2 Å². The Morgan fingerprint density at radius 2 is 1.89 bits per heavy atom. The summed E-state index contributed by atoms with van der Waals surface area (Å²) in [5.41, 5.74) is 1.91. The number of amides is 2. The van der Waals surface area contributed by atoms with Gasteiger partial charge in [-0.1, -0.05) is 36.2 Å². The van der Waals surface area contributed by atoms with E-state index in [0.717, 1.165) is 36.8 Å². The van der Waals surface area contributed by atoms with Gasteiger partial charge in [0, 0.05) is 30.8 Å². The Hall–Kier alpha value is -1.98. The standard InChI is InChI=1S/C22H28F2N2O2/c1-15-4-6-16(7-5-15)13-19(27)26-12-11-21(14-26)9-2-3-17(21)20(28)25-18-8-10-22(18,23)24/h4-7,17-18H,2-3,8-14H2,1H3,(H,25,28). The molecule has 1 heterocycles. The van der Waals surface area contributed by atoms with Gasteiger partial charge in [-0.3, -0.25) is 9.59 Å². The first-order chi connectivity index (χ1) is 13.3. The van der Waals surface area contributed by atoms with Crippen molar-refractivity contribution in [3.8, 4) is 0 Å². The predicted octanol–water partition coefficient (Wildman–Crippen LogP) is 3.47. The molecule has 4 rings (SSSR count). The molecule has 2 aliphatic carbocycles. The monoisotopic (exact) mass is 390 g/mol. The number of alkyl halides is 2. The molecule has 28 heavy (non-hydrogen) atoms. The zero-order valence-corrected chi connectivity index (χ0v) is 16.3. The Labute approximate surface area is 164 Å². The first-order valence-electron chi connectivity index (χ1n) is 10.3. The molecule has 2 saturated carbocycles. The highest BCUT2D eigenvalue weighted by Crippen LogP contribution is 2.50. The van der Waals surface area contributed by atoms with Gasteiger partial charge in [-0.15, -0.1) is 0 Å². The van der Waals surface area contributed by atoms with Crippen molar-refractivity contribution in [3.05, 3.63) is 35.4 Å². The molecule has 2 amide bonds. The van der Waals surface area contributed by atoms with E-state index in [1.54, 1.807) is 0 Å². The van der Waals surface area contributed by atoms with Gasteiger partial charge in [0.15, 0.2) is 0 Å². The molecule has 6 heteroatoms. The van der Waals surface area contributed by atoms with Crippen molar-refractivity contribution >= 4 is 11.8 Å². The molecule has 1 aromatic rings. The van der Waals surface area contributed by atoms with Crippen LogP contribution >= 0.6 is 0 Å². The number of rotatable bonds is 4. The largest absolute Gasteiger partial charge is 0.347 e. The van der Waals surface area contributed by atoms with Crippen LogP contribution in [-0.2, 0) is 16.0 Å². The van der Waals surface area contributed by atoms with E-state index in [0.29, 0.717) is 25.9 Å². The molecule has 0 radical (unpaired) electrons. The zero-order chi connectivity index (χ0) is 19.9. The summed E-state index contributed by atoms with van der Waals surface area (Å²) in [5, 5.41) is 2.60. The smallest absolute Gasteiger partial charge is 0.267 e. The number of nitrogens with one attached hydrogen (secondary N) is 1. The quantitative estimate of drug-likeness (QED) is 0.856. The van der Waals surface area contributed by atoms with Crippen molar-refractivity contribution in [1.29, 1.82) is 0 Å². The van der Waals surface area contributed by atoms with Gasteiger partial charge in [-0.25, -0.2) is 8.78 Å². The van der Waals surface area contributed by atoms with E-state index >= 15 is 0 Å². The average Bonchev–Trinajstić information content (AvgIpc) is 3.28. The van der Waals surface area contributed by atoms with Crippen molar-refractivity contribution in [2.75, 3.05) is 13.1 Å². The number of likely N-dealkylation sites (tertiary alicyclic amines) is 1. The van der Waals surface area contributed by atoms with Crippen LogP contribution in [0.15, 0.2) is 24.3 Å². The first-order valence-corrected chi connectivity index (χ1v) is 10.3. The van der Waals surface area contributed by atoms with Crippen LogP contribution in [0.2, 0.25) is 0 Å². The molecule has 1 aromatic carbocycles. The van der Waals surface area contributed by atoms with Gasteiger partial charge >= 0.3 is 0 Å². The number of halogens is 2. The lowest BCUT2D eigenvalue weighted by atomic mass is 9.76.